The van der Waals surface area contributed by atoms with Crippen LogP contribution >= 0.6 is 35.0 Å². The quantitative estimate of drug-likeness (QED) is 0.467. The van der Waals surface area contributed by atoms with Gasteiger partial charge in [-0.25, -0.2) is 9.97 Å². The minimum Gasteiger partial charge on any atom is -0.385 e. The number of hydrogen-bond donors (Lipinski definition) is 1. The van der Waals surface area contributed by atoms with E-state index >= 15 is 0 Å². The molecule has 7 nitrogen and oxygen atoms in total. The van der Waals surface area contributed by atoms with E-state index in [1.807, 2.05) is 28.8 Å². The third-order valence-corrected chi connectivity index (χ3v) is 4.87. The molecule has 3 aromatic rings. The number of methoxy groups -OCH3 is 1. The van der Waals surface area contributed by atoms with E-state index in [2.05, 4.69) is 20.2 Å². The van der Waals surface area contributed by atoms with Crippen LogP contribution in [0.2, 0.25) is 10.2 Å². The average molecular weight is 411 g/mol. The van der Waals surface area contributed by atoms with E-state index < -0.39 is 0 Å². The van der Waals surface area contributed by atoms with Crippen molar-refractivity contribution in [3.05, 3.63) is 40.5 Å². The summed E-state index contributed by atoms with van der Waals surface area (Å²) >= 11 is 13.6. The predicted molar refractivity (Wildman–Crippen MR) is 103 cm³/mol. The van der Waals surface area contributed by atoms with Crippen molar-refractivity contribution >= 4 is 40.9 Å². The Morgan fingerprint density at radius 3 is 2.73 bits per heavy atom. The molecule has 0 unspecified atom stereocenters. The molecule has 0 aliphatic heterocycles. The molecule has 0 saturated heterocycles. The van der Waals surface area contributed by atoms with Crippen LogP contribution in [0.4, 0.5) is 5.95 Å². The Bertz CT molecular complexity index is 884. The molecule has 136 valence electrons. The molecular weight excluding hydrogens is 395 g/mol. The first-order chi connectivity index (χ1) is 12.6. The van der Waals surface area contributed by atoms with Crippen LogP contribution in [0.3, 0.4) is 0 Å². The average Bonchev–Trinajstić information content (AvgIpc) is 2.97. The zero-order valence-corrected chi connectivity index (χ0v) is 16.2. The second-order valence-corrected chi connectivity index (χ2v) is 7.06. The van der Waals surface area contributed by atoms with Gasteiger partial charge >= 0.3 is 0 Å². The van der Waals surface area contributed by atoms with Crippen molar-refractivity contribution in [2.24, 2.45) is 0 Å². The summed E-state index contributed by atoms with van der Waals surface area (Å²) in [6.45, 7) is 1.29. The van der Waals surface area contributed by atoms with Gasteiger partial charge in [0.25, 0.3) is 0 Å². The first-order valence-corrected chi connectivity index (χ1v) is 9.30. The monoisotopic (exact) mass is 410 g/mol. The molecule has 2 heterocycles. The first kappa shape index (κ1) is 18.9. The van der Waals surface area contributed by atoms with Crippen molar-refractivity contribution in [2.45, 2.75) is 23.1 Å². The third kappa shape index (κ3) is 4.45. The van der Waals surface area contributed by atoms with Crippen molar-refractivity contribution in [1.82, 2.24) is 24.7 Å². The van der Waals surface area contributed by atoms with Gasteiger partial charge in [-0.15, -0.1) is 10.2 Å². The molecule has 3 rings (SSSR count). The van der Waals surface area contributed by atoms with Gasteiger partial charge in [0.05, 0.1) is 5.02 Å². The molecule has 0 radical (unpaired) electrons. The Labute approximate surface area is 164 Å². The molecular formula is C16H16Cl2N6OS. The maximum absolute atomic E-state index is 6.34. The number of rotatable bonds is 7. The number of hydrogen-bond acceptors (Lipinski definition) is 7. The van der Waals surface area contributed by atoms with E-state index in [9.17, 15) is 0 Å². The van der Waals surface area contributed by atoms with Crippen molar-refractivity contribution in [1.29, 1.82) is 0 Å². The lowest BCUT2D eigenvalue weighted by molar-refractivity contribution is 0.189. The summed E-state index contributed by atoms with van der Waals surface area (Å²) in [7, 11) is 1.67. The number of nitrogens with zero attached hydrogens (tertiary/aromatic N) is 5. The van der Waals surface area contributed by atoms with E-state index in [-0.39, 0.29) is 11.1 Å². The van der Waals surface area contributed by atoms with Crippen LogP contribution in [0.15, 0.2) is 40.5 Å². The largest absolute Gasteiger partial charge is 0.385 e. The summed E-state index contributed by atoms with van der Waals surface area (Å²) in [4.78, 5) is 8.05. The predicted octanol–water partition coefficient (Wildman–Crippen LogP) is 3.81. The second-order valence-electron chi connectivity index (χ2n) is 5.27. The van der Waals surface area contributed by atoms with Gasteiger partial charge in [0.1, 0.15) is 10.2 Å². The highest BCUT2D eigenvalue weighted by atomic mass is 35.5. The number of aromatic nitrogens is 5. The Morgan fingerprint density at radius 2 is 2.00 bits per heavy atom. The zero-order valence-electron chi connectivity index (χ0n) is 13.9. The zero-order chi connectivity index (χ0) is 18.5. The molecule has 0 amide bonds. The summed E-state index contributed by atoms with van der Waals surface area (Å²) in [5.41, 5.74) is 6.48. The number of nitrogens with two attached hydrogens (primary N) is 1. The lowest BCUT2D eigenvalue weighted by Crippen LogP contribution is -2.05. The van der Waals surface area contributed by atoms with Crippen LogP contribution in [0.5, 0.6) is 0 Å². The van der Waals surface area contributed by atoms with Crippen molar-refractivity contribution in [3.63, 3.8) is 0 Å². The molecule has 0 atom stereocenters. The number of halogens is 2. The van der Waals surface area contributed by atoms with Crippen LogP contribution < -0.4 is 5.73 Å². The highest BCUT2D eigenvalue weighted by Crippen LogP contribution is 2.32. The van der Waals surface area contributed by atoms with Gasteiger partial charge in [-0.3, -0.25) is 0 Å². The summed E-state index contributed by atoms with van der Waals surface area (Å²) in [6.07, 6.45) is 0.798. The molecule has 0 spiro atoms. The molecule has 26 heavy (non-hydrogen) atoms. The molecule has 2 aromatic heterocycles. The molecule has 0 saturated carbocycles. The topological polar surface area (TPSA) is 91.7 Å². The highest BCUT2D eigenvalue weighted by Gasteiger charge is 2.17. The van der Waals surface area contributed by atoms with Gasteiger partial charge in [0.2, 0.25) is 5.95 Å². The Hall–Kier alpha value is -1.87. The lowest BCUT2D eigenvalue weighted by atomic mass is 10.2. The van der Waals surface area contributed by atoms with E-state index in [1.54, 1.807) is 13.2 Å². The third-order valence-electron chi connectivity index (χ3n) is 3.45. The van der Waals surface area contributed by atoms with Gasteiger partial charge in [-0.2, -0.15) is 0 Å². The van der Waals surface area contributed by atoms with Crippen molar-refractivity contribution in [2.75, 3.05) is 19.5 Å². The second kappa shape index (κ2) is 8.68. The molecule has 10 heteroatoms. The standard InChI is InChI=1S/C16H16Cl2N6OS/c1-25-8-4-7-24-14(10-5-2-3-6-11(10)17)22-23-16(24)26-13-9-12(18)20-15(19)21-13/h2-3,5-6,9H,4,7-8H2,1H3,(H2,19,20,21). The van der Waals surface area contributed by atoms with E-state index in [1.165, 1.54) is 11.8 Å². The highest BCUT2D eigenvalue weighted by molar-refractivity contribution is 7.99. The van der Waals surface area contributed by atoms with Crippen LogP contribution in [-0.2, 0) is 11.3 Å². The number of benzene rings is 1. The van der Waals surface area contributed by atoms with Crippen LogP contribution in [0.25, 0.3) is 11.4 Å². The minimum absolute atomic E-state index is 0.108. The Kier molecular flexibility index (Phi) is 6.31. The molecule has 2 N–H and O–H groups in total. The maximum Gasteiger partial charge on any atom is 0.222 e. The number of ether oxygens (including phenoxy) is 1. The Balaban J connectivity index is 1.98. The number of nitrogen functional groups attached to an aromatic ring is 1. The van der Waals surface area contributed by atoms with Gasteiger partial charge in [-0.1, -0.05) is 35.3 Å². The van der Waals surface area contributed by atoms with Crippen molar-refractivity contribution in [3.8, 4) is 11.4 Å². The smallest absolute Gasteiger partial charge is 0.222 e. The molecule has 1 aromatic carbocycles. The molecule has 0 bridgehead atoms. The summed E-state index contributed by atoms with van der Waals surface area (Å²) < 4.78 is 7.14. The van der Waals surface area contributed by atoms with Crippen LogP contribution in [-0.4, -0.2) is 38.4 Å². The van der Waals surface area contributed by atoms with Gasteiger partial charge in [-0.05, 0) is 30.3 Å². The molecule has 0 fully saturated rings. The van der Waals surface area contributed by atoms with E-state index in [4.69, 9.17) is 33.7 Å². The van der Waals surface area contributed by atoms with Gasteiger partial charge in [0.15, 0.2) is 11.0 Å². The van der Waals surface area contributed by atoms with Gasteiger partial charge in [0, 0.05) is 31.9 Å². The Morgan fingerprint density at radius 1 is 1.19 bits per heavy atom. The van der Waals surface area contributed by atoms with Crippen LogP contribution in [0.1, 0.15) is 6.42 Å². The fraction of sp³-hybridized carbons (Fsp3) is 0.250. The number of anilines is 1. The van der Waals surface area contributed by atoms with E-state index in [0.29, 0.717) is 34.2 Å². The SMILES string of the molecule is COCCCn1c(Sc2cc(Cl)nc(N)n2)nnc1-c1ccccc1Cl. The lowest BCUT2D eigenvalue weighted by Gasteiger charge is -2.10. The first-order valence-electron chi connectivity index (χ1n) is 7.73. The fourth-order valence-corrected chi connectivity index (χ4v) is 3.68. The van der Waals surface area contributed by atoms with Crippen LogP contribution in [0, 0.1) is 0 Å². The van der Waals surface area contributed by atoms with Gasteiger partial charge < -0.3 is 15.0 Å². The summed E-state index contributed by atoms with van der Waals surface area (Å²) in [5, 5.41) is 10.8. The maximum atomic E-state index is 6.34. The summed E-state index contributed by atoms with van der Waals surface area (Å²) in [5.74, 6) is 0.791. The van der Waals surface area contributed by atoms with Crippen molar-refractivity contribution < 1.29 is 4.74 Å². The van der Waals surface area contributed by atoms with E-state index in [0.717, 1.165) is 12.0 Å². The minimum atomic E-state index is 0.108. The summed E-state index contributed by atoms with van der Waals surface area (Å²) in [6, 6.07) is 9.15. The molecule has 0 aliphatic rings. The molecule has 0 aliphatic carbocycles. The normalized spacial score (nSPS) is 11.0. The fourth-order valence-electron chi connectivity index (χ4n) is 2.33.